The van der Waals surface area contributed by atoms with Gasteiger partial charge >= 0.3 is 0 Å². The molecule has 0 radical (unpaired) electrons. The van der Waals surface area contributed by atoms with Crippen LogP contribution in [0.5, 0.6) is 0 Å². The highest BCUT2D eigenvalue weighted by Gasteiger charge is 2.14. The smallest absolute Gasteiger partial charge is 0.224 e. The van der Waals surface area contributed by atoms with Gasteiger partial charge in [-0.1, -0.05) is 17.7 Å². The van der Waals surface area contributed by atoms with Crippen molar-refractivity contribution in [2.45, 2.75) is 10.6 Å². The van der Waals surface area contributed by atoms with E-state index in [1.165, 1.54) is 18.2 Å². The lowest BCUT2D eigenvalue weighted by molar-refractivity contribution is 0.602. The normalized spacial score (nSPS) is 12.7. The molecule has 0 amide bonds. The van der Waals surface area contributed by atoms with Crippen LogP contribution in [0.4, 0.5) is 0 Å². The van der Waals surface area contributed by atoms with Crippen LogP contribution in [0.15, 0.2) is 23.1 Å². The third-order valence-corrected chi connectivity index (χ3v) is 4.32. The standard InChI is InChI=1S/C8H8Cl2O4S2/c1-15(11,12)8-3-2-6(4-7(8)9)5-16(10,13)14/h2-4H,5H2,1H3. The van der Waals surface area contributed by atoms with E-state index in [9.17, 15) is 16.8 Å². The number of hydrogen-bond acceptors (Lipinski definition) is 4. The van der Waals surface area contributed by atoms with Crippen LogP contribution in [0.25, 0.3) is 0 Å². The molecule has 0 aliphatic heterocycles. The summed E-state index contributed by atoms with van der Waals surface area (Å²) in [7, 11) is -2.03. The van der Waals surface area contributed by atoms with Crippen molar-refractivity contribution in [1.29, 1.82) is 0 Å². The maximum Gasteiger partial charge on any atom is 0.236 e. The molecule has 0 heterocycles. The summed E-state index contributed by atoms with van der Waals surface area (Å²) in [5.74, 6) is -0.391. The number of halogens is 2. The van der Waals surface area contributed by atoms with E-state index in [-0.39, 0.29) is 9.92 Å². The van der Waals surface area contributed by atoms with Crippen molar-refractivity contribution in [2.75, 3.05) is 6.26 Å². The average molecular weight is 303 g/mol. The first-order valence-corrected chi connectivity index (χ1v) is 8.75. The van der Waals surface area contributed by atoms with Gasteiger partial charge in [-0.15, -0.1) is 0 Å². The summed E-state index contributed by atoms with van der Waals surface area (Å²) in [5, 5.41) is -0.0136. The highest BCUT2D eigenvalue weighted by molar-refractivity contribution is 8.13. The monoisotopic (exact) mass is 302 g/mol. The van der Waals surface area contributed by atoms with E-state index in [1.54, 1.807) is 0 Å². The molecule has 0 unspecified atom stereocenters. The van der Waals surface area contributed by atoms with Gasteiger partial charge in [0.05, 0.1) is 15.7 Å². The van der Waals surface area contributed by atoms with Gasteiger partial charge in [0.25, 0.3) is 0 Å². The van der Waals surface area contributed by atoms with Gasteiger partial charge in [0.15, 0.2) is 9.84 Å². The molecule has 0 spiro atoms. The molecule has 0 bridgehead atoms. The Morgan fingerprint density at radius 3 is 2.12 bits per heavy atom. The summed E-state index contributed by atoms with van der Waals surface area (Å²) < 4.78 is 44.0. The quantitative estimate of drug-likeness (QED) is 0.799. The highest BCUT2D eigenvalue weighted by Crippen LogP contribution is 2.23. The number of sulfone groups is 1. The van der Waals surface area contributed by atoms with Crippen LogP contribution in [0, 0.1) is 0 Å². The molecular weight excluding hydrogens is 295 g/mol. The molecular formula is C8H8Cl2O4S2. The van der Waals surface area contributed by atoms with Gasteiger partial charge < -0.3 is 0 Å². The second-order valence-electron chi connectivity index (χ2n) is 3.22. The van der Waals surface area contributed by atoms with E-state index in [4.69, 9.17) is 22.3 Å². The molecule has 90 valence electrons. The lowest BCUT2D eigenvalue weighted by Gasteiger charge is -2.04. The molecule has 0 fully saturated rings. The second-order valence-corrected chi connectivity index (χ2v) is 8.39. The van der Waals surface area contributed by atoms with E-state index < -0.39 is 24.6 Å². The Kier molecular flexibility index (Phi) is 3.89. The Hall–Kier alpha value is -0.300. The van der Waals surface area contributed by atoms with Gasteiger partial charge in [0.1, 0.15) is 0 Å². The van der Waals surface area contributed by atoms with E-state index in [0.717, 1.165) is 6.26 Å². The van der Waals surface area contributed by atoms with Gasteiger partial charge in [-0.2, -0.15) is 0 Å². The molecule has 0 atom stereocenters. The molecule has 0 N–H and O–H groups in total. The maximum atomic E-state index is 11.2. The zero-order valence-electron chi connectivity index (χ0n) is 8.14. The Bertz CT molecular complexity index is 605. The maximum absolute atomic E-state index is 11.2. The van der Waals surface area contributed by atoms with Gasteiger partial charge in [0, 0.05) is 16.9 Å². The number of rotatable bonds is 3. The van der Waals surface area contributed by atoms with Crippen molar-refractivity contribution in [3.05, 3.63) is 28.8 Å². The van der Waals surface area contributed by atoms with Crippen molar-refractivity contribution in [3.63, 3.8) is 0 Å². The SMILES string of the molecule is CS(=O)(=O)c1ccc(CS(=O)(=O)Cl)cc1Cl. The summed E-state index contributed by atoms with van der Waals surface area (Å²) in [6.45, 7) is 0. The minimum atomic E-state index is -3.68. The van der Waals surface area contributed by atoms with E-state index >= 15 is 0 Å². The minimum absolute atomic E-state index is 0.0136. The van der Waals surface area contributed by atoms with Gasteiger partial charge in [0.2, 0.25) is 9.05 Å². The average Bonchev–Trinajstić information content (AvgIpc) is 1.97. The molecule has 8 heteroatoms. The van der Waals surface area contributed by atoms with Crippen LogP contribution < -0.4 is 0 Å². The minimum Gasteiger partial charge on any atom is -0.224 e. The highest BCUT2D eigenvalue weighted by atomic mass is 35.7. The fourth-order valence-corrected chi connectivity index (χ4v) is 3.44. The molecule has 4 nitrogen and oxygen atoms in total. The van der Waals surface area contributed by atoms with Crippen molar-refractivity contribution < 1.29 is 16.8 Å². The van der Waals surface area contributed by atoms with Crippen molar-refractivity contribution >= 4 is 41.2 Å². The fraction of sp³-hybridized carbons (Fsp3) is 0.250. The summed E-state index contributed by atoms with van der Waals surface area (Å²) in [6, 6.07) is 3.90. The lowest BCUT2D eigenvalue weighted by Crippen LogP contribution is -2.00. The summed E-state index contributed by atoms with van der Waals surface area (Å²) in [5.41, 5.74) is 0.340. The topological polar surface area (TPSA) is 68.3 Å². The number of hydrogen-bond donors (Lipinski definition) is 0. The fourth-order valence-electron chi connectivity index (χ4n) is 1.13. The first-order valence-electron chi connectivity index (χ1n) is 4.00. The van der Waals surface area contributed by atoms with Crippen molar-refractivity contribution in [1.82, 2.24) is 0 Å². The molecule has 0 saturated heterocycles. The van der Waals surface area contributed by atoms with Crippen LogP contribution in [-0.2, 0) is 24.6 Å². The van der Waals surface area contributed by atoms with Crippen molar-refractivity contribution in [2.24, 2.45) is 0 Å². The zero-order chi connectivity index (χ0) is 12.6. The molecule has 0 saturated carbocycles. The third kappa shape index (κ3) is 3.93. The molecule has 1 rings (SSSR count). The van der Waals surface area contributed by atoms with E-state index in [0.29, 0.717) is 5.56 Å². The predicted octanol–water partition coefficient (Wildman–Crippen LogP) is 1.81. The summed E-state index contributed by atoms with van der Waals surface area (Å²) >= 11 is 5.73. The number of benzene rings is 1. The Labute approximate surface area is 104 Å². The Morgan fingerprint density at radius 1 is 1.19 bits per heavy atom. The van der Waals surface area contributed by atoms with Gasteiger partial charge in [-0.3, -0.25) is 0 Å². The van der Waals surface area contributed by atoms with Crippen LogP contribution in [0.3, 0.4) is 0 Å². The van der Waals surface area contributed by atoms with E-state index in [1.807, 2.05) is 0 Å². The third-order valence-electron chi connectivity index (χ3n) is 1.73. The van der Waals surface area contributed by atoms with Crippen LogP contribution in [0.2, 0.25) is 5.02 Å². The Morgan fingerprint density at radius 2 is 1.75 bits per heavy atom. The van der Waals surface area contributed by atoms with Crippen LogP contribution >= 0.6 is 22.3 Å². The van der Waals surface area contributed by atoms with Gasteiger partial charge in [-0.05, 0) is 17.7 Å². The van der Waals surface area contributed by atoms with E-state index in [2.05, 4.69) is 0 Å². The largest absolute Gasteiger partial charge is 0.236 e. The molecule has 0 aromatic heterocycles. The molecule has 1 aromatic carbocycles. The molecule has 0 aliphatic rings. The molecule has 0 aliphatic carbocycles. The van der Waals surface area contributed by atoms with Crippen LogP contribution in [0.1, 0.15) is 5.56 Å². The first kappa shape index (κ1) is 13.8. The zero-order valence-corrected chi connectivity index (χ0v) is 11.3. The lowest BCUT2D eigenvalue weighted by atomic mass is 10.2. The summed E-state index contributed by atoms with van der Waals surface area (Å²) in [4.78, 5) is -0.0371. The second kappa shape index (κ2) is 4.52. The first-order chi connectivity index (χ1) is 7.09. The molecule has 1 aromatic rings. The molecule has 16 heavy (non-hydrogen) atoms. The van der Waals surface area contributed by atoms with Gasteiger partial charge in [-0.25, -0.2) is 16.8 Å². The predicted molar refractivity (Wildman–Crippen MR) is 63.0 cm³/mol. The summed E-state index contributed by atoms with van der Waals surface area (Å²) in [6.07, 6.45) is 1.02. The Balaban J connectivity index is 3.20. The van der Waals surface area contributed by atoms with Crippen LogP contribution in [-0.4, -0.2) is 23.1 Å². The van der Waals surface area contributed by atoms with Crippen molar-refractivity contribution in [3.8, 4) is 0 Å².